The number of imide groups is 1. The lowest BCUT2D eigenvalue weighted by Crippen LogP contribution is -2.32. The summed E-state index contributed by atoms with van der Waals surface area (Å²) in [7, 11) is 0. The van der Waals surface area contributed by atoms with Crippen LogP contribution in [0.5, 0.6) is 11.5 Å². The molecule has 2 aromatic rings. The van der Waals surface area contributed by atoms with Crippen molar-refractivity contribution in [1.29, 1.82) is 0 Å². The Morgan fingerprint density at radius 2 is 1.86 bits per heavy atom. The largest absolute Gasteiger partial charge is 0.480 e. The summed E-state index contributed by atoms with van der Waals surface area (Å²) in [5, 5.41) is 10.7. The van der Waals surface area contributed by atoms with Crippen LogP contribution in [0.2, 0.25) is 0 Å². The zero-order valence-corrected chi connectivity index (χ0v) is 15.4. The fraction of sp³-hybridized carbons (Fsp3) is 0.105. The van der Waals surface area contributed by atoms with Gasteiger partial charge in [0.1, 0.15) is 17.5 Å². The number of carboxylic acid groups (broad SMARTS) is 1. The molecule has 1 aliphatic rings. The molecular formula is C19H17N3O5S. The molecule has 2 amide bonds. The van der Waals surface area contributed by atoms with Gasteiger partial charge >= 0.3 is 5.97 Å². The van der Waals surface area contributed by atoms with Crippen LogP contribution >= 0.6 is 11.8 Å². The Balaban J connectivity index is 1.68. The molecule has 8 nitrogen and oxygen atoms in total. The minimum absolute atomic E-state index is 0.124. The van der Waals surface area contributed by atoms with Crippen molar-refractivity contribution in [3.05, 3.63) is 58.5 Å². The smallest absolute Gasteiger partial charge is 0.320 e. The molecule has 6 N–H and O–H groups in total. The lowest BCUT2D eigenvalue weighted by molar-refractivity contribution is -0.138. The molecule has 1 unspecified atom stereocenters. The van der Waals surface area contributed by atoms with E-state index in [1.165, 1.54) is 0 Å². The Hall–Kier alpha value is -3.30. The van der Waals surface area contributed by atoms with Gasteiger partial charge in [-0.15, -0.1) is 0 Å². The summed E-state index contributed by atoms with van der Waals surface area (Å²) in [5.74, 6) is -0.454. The average Bonchev–Trinajstić information content (AvgIpc) is 2.96. The zero-order valence-electron chi connectivity index (χ0n) is 14.5. The molecule has 0 spiro atoms. The number of hydrogen-bond donors (Lipinski definition) is 4. The van der Waals surface area contributed by atoms with Crippen LogP contribution in [0, 0.1) is 0 Å². The Bertz CT molecular complexity index is 972. The summed E-state index contributed by atoms with van der Waals surface area (Å²) in [6, 6.07) is 10.9. The van der Waals surface area contributed by atoms with E-state index < -0.39 is 17.9 Å². The highest BCUT2D eigenvalue weighted by atomic mass is 32.2. The van der Waals surface area contributed by atoms with E-state index in [-0.39, 0.29) is 11.7 Å². The second-order valence-corrected chi connectivity index (χ2v) is 7.05. The number of carbonyl (C=O) groups excluding carboxylic acids is 2. The van der Waals surface area contributed by atoms with Crippen LogP contribution in [0.25, 0.3) is 6.08 Å². The van der Waals surface area contributed by atoms with Gasteiger partial charge < -0.3 is 21.3 Å². The van der Waals surface area contributed by atoms with E-state index in [0.29, 0.717) is 27.7 Å². The summed E-state index contributed by atoms with van der Waals surface area (Å²) in [4.78, 5) is 33.9. The number of hydrogen-bond acceptors (Lipinski definition) is 7. The van der Waals surface area contributed by atoms with Crippen molar-refractivity contribution < 1.29 is 24.2 Å². The molecule has 0 radical (unpaired) electrons. The summed E-state index contributed by atoms with van der Waals surface area (Å²) in [6.07, 6.45) is 1.74. The summed E-state index contributed by atoms with van der Waals surface area (Å²) in [5.41, 5.74) is 13.3. The van der Waals surface area contributed by atoms with Gasteiger partial charge in [0.25, 0.3) is 11.1 Å². The second kappa shape index (κ2) is 8.15. The van der Waals surface area contributed by atoms with Gasteiger partial charge in [-0.3, -0.25) is 19.7 Å². The van der Waals surface area contributed by atoms with Gasteiger partial charge in [-0.1, -0.05) is 18.2 Å². The molecule has 1 saturated heterocycles. The molecule has 1 aliphatic heterocycles. The van der Waals surface area contributed by atoms with E-state index in [9.17, 15) is 14.4 Å². The minimum atomic E-state index is -1.09. The van der Waals surface area contributed by atoms with Crippen LogP contribution < -0.4 is 21.5 Å². The quantitative estimate of drug-likeness (QED) is 0.428. The molecule has 0 aromatic heterocycles. The van der Waals surface area contributed by atoms with Crippen LogP contribution in [0.4, 0.5) is 10.5 Å². The van der Waals surface area contributed by atoms with Gasteiger partial charge in [-0.2, -0.15) is 0 Å². The second-order valence-electron chi connectivity index (χ2n) is 6.03. The highest BCUT2D eigenvalue weighted by molar-refractivity contribution is 8.18. The first-order valence-corrected chi connectivity index (χ1v) is 9.03. The molecule has 0 saturated carbocycles. The fourth-order valence-corrected chi connectivity index (χ4v) is 3.17. The van der Waals surface area contributed by atoms with Gasteiger partial charge in [-0.05, 0) is 47.2 Å². The number of anilines is 1. The first kappa shape index (κ1) is 19.5. The number of aliphatic carboxylic acids is 1. The lowest BCUT2D eigenvalue weighted by atomic mass is 10.0. The number of nitrogen functional groups attached to an aromatic ring is 1. The highest BCUT2D eigenvalue weighted by Crippen LogP contribution is 2.28. The fourth-order valence-electron chi connectivity index (χ4n) is 2.49. The van der Waals surface area contributed by atoms with Crippen molar-refractivity contribution in [2.24, 2.45) is 5.73 Å². The van der Waals surface area contributed by atoms with E-state index >= 15 is 0 Å². The normalized spacial score (nSPS) is 16.1. The maximum absolute atomic E-state index is 11.6. The van der Waals surface area contributed by atoms with E-state index in [1.807, 2.05) is 0 Å². The van der Waals surface area contributed by atoms with Gasteiger partial charge in [0.2, 0.25) is 0 Å². The van der Waals surface area contributed by atoms with Crippen molar-refractivity contribution in [2.45, 2.75) is 12.5 Å². The molecule has 3 rings (SSSR count). The first-order chi connectivity index (χ1) is 13.3. The maximum atomic E-state index is 11.6. The Morgan fingerprint density at radius 3 is 2.43 bits per heavy atom. The van der Waals surface area contributed by atoms with Gasteiger partial charge in [0.05, 0.1) is 4.91 Å². The maximum Gasteiger partial charge on any atom is 0.320 e. The van der Waals surface area contributed by atoms with Crippen LogP contribution in [-0.2, 0) is 16.0 Å². The molecular weight excluding hydrogens is 382 g/mol. The van der Waals surface area contributed by atoms with E-state index in [1.54, 1.807) is 48.5 Å². The van der Waals surface area contributed by atoms with Gasteiger partial charge in [0.15, 0.2) is 0 Å². The summed E-state index contributed by atoms with van der Waals surface area (Å²) in [6.45, 7) is 0. The highest BCUT2D eigenvalue weighted by Gasteiger charge is 2.24. The van der Waals surface area contributed by atoms with Gasteiger partial charge in [0, 0.05) is 18.2 Å². The average molecular weight is 399 g/mol. The van der Waals surface area contributed by atoms with Crippen molar-refractivity contribution >= 4 is 40.6 Å². The number of carboxylic acids is 1. The van der Waals surface area contributed by atoms with Crippen molar-refractivity contribution in [3.63, 3.8) is 0 Å². The third-order valence-corrected chi connectivity index (χ3v) is 4.74. The molecule has 0 aliphatic carbocycles. The minimum Gasteiger partial charge on any atom is -0.480 e. The Morgan fingerprint density at radius 1 is 1.18 bits per heavy atom. The predicted molar refractivity (Wildman–Crippen MR) is 106 cm³/mol. The van der Waals surface area contributed by atoms with E-state index in [2.05, 4.69) is 5.32 Å². The van der Waals surface area contributed by atoms with Crippen molar-refractivity contribution in [1.82, 2.24) is 5.32 Å². The standard InChI is InChI=1S/C19H17N3O5S/c20-14-9-13(6-3-11(14)8-15(21)18(24)25)27-12-4-1-10(2-5-12)7-16-17(23)22-19(26)28-16/h1-7,9,15H,8,20-21H2,(H,24,25)(H,22,23,26). The number of amides is 2. The molecule has 1 heterocycles. The molecule has 28 heavy (non-hydrogen) atoms. The number of thioether (sulfide) groups is 1. The predicted octanol–water partition coefficient (Wildman–Crippen LogP) is 2.34. The van der Waals surface area contributed by atoms with Gasteiger partial charge in [-0.25, -0.2) is 0 Å². The van der Waals surface area contributed by atoms with Crippen LogP contribution in [0.15, 0.2) is 47.4 Å². The van der Waals surface area contributed by atoms with Crippen LogP contribution in [0.1, 0.15) is 11.1 Å². The third-order valence-electron chi connectivity index (χ3n) is 3.93. The number of carbonyl (C=O) groups is 3. The number of ether oxygens (including phenoxy) is 1. The Labute approximate surface area is 164 Å². The van der Waals surface area contributed by atoms with Crippen molar-refractivity contribution in [3.8, 4) is 11.5 Å². The molecule has 1 fully saturated rings. The van der Waals surface area contributed by atoms with Crippen molar-refractivity contribution in [2.75, 3.05) is 5.73 Å². The molecule has 1 atom stereocenters. The summed E-state index contributed by atoms with van der Waals surface area (Å²) >= 11 is 0.855. The summed E-state index contributed by atoms with van der Waals surface area (Å²) < 4.78 is 5.74. The molecule has 0 bridgehead atoms. The monoisotopic (exact) mass is 399 g/mol. The number of rotatable bonds is 6. The topological polar surface area (TPSA) is 145 Å². The number of benzene rings is 2. The molecule has 2 aromatic carbocycles. The van der Waals surface area contributed by atoms with E-state index in [4.69, 9.17) is 21.3 Å². The Kier molecular flexibility index (Phi) is 5.67. The molecule has 9 heteroatoms. The molecule has 144 valence electrons. The van der Waals surface area contributed by atoms with Crippen LogP contribution in [-0.4, -0.2) is 28.3 Å². The lowest BCUT2D eigenvalue weighted by Gasteiger charge is -2.12. The number of nitrogens with two attached hydrogens (primary N) is 2. The SMILES string of the molecule is Nc1cc(Oc2ccc(C=C3SC(=O)NC3=O)cc2)ccc1CC(N)C(=O)O. The number of nitrogens with one attached hydrogen (secondary N) is 1. The van der Waals surface area contributed by atoms with Crippen LogP contribution in [0.3, 0.4) is 0 Å². The van der Waals surface area contributed by atoms with E-state index in [0.717, 1.165) is 17.3 Å². The third kappa shape index (κ3) is 4.70. The zero-order chi connectivity index (χ0) is 20.3. The first-order valence-electron chi connectivity index (χ1n) is 8.21.